The maximum Gasteiger partial charge on any atom is 0.264 e. The fraction of sp³-hybridized carbons (Fsp3) is 0.394. The molecule has 1 fully saturated rings. The van der Waals surface area contributed by atoms with Crippen LogP contribution >= 0.6 is 0 Å². The fourth-order valence-corrected chi connectivity index (χ4v) is 6.71. The smallest absolute Gasteiger partial charge is 0.264 e. The van der Waals surface area contributed by atoms with Gasteiger partial charge in [0.2, 0.25) is 11.8 Å². The zero-order valence-electron chi connectivity index (χ0n) is 25.1. The number of anilines is 1. The molecule has 8 nitrogen and oxygen atoms in total. The van der Waals surface area contributed by atoms with E-state index in [9.17, 15) is 18.0 Å². The van der Waals surface area contributed by atoms with Crippen molar-refractivity contribution in [1.82, 2.24) is 10.2 Å². The predicted molar refractivity (Wildman–Crippen MR) is 165 cm³/mol. The van der Waals surface area contributed by atoms with Gasteiger partial charge in [-0.3, -0.25) is 13.9 Å². The van der Waals surface area contributed by atoms with Gasteiger partial charge in [-0.1, -0.05) is 60.9 Å². The molecule has 9 heteroatoms. The monoisotopic (exact) mass is 591 g/mol. The number of nitrogens with one attached hydrogen (secondary N) is 1. The van der Waals surface area contributed by atoms with Crippen molar-refractivity contribution in [3.05, 3.63) is 89.0 Å². The Morgan fingerprint density at radius 2 is 1.60 bits per heavy atom. The second kappa shape index (κ2) is 13.4. The average Bonchev–Trinajstić information content (AvgIpc) is 3.48. The third-order valence-electron chi connectivity index (χ3n) is 7.96. The van der Waals surface area contributed by atoms with Gasteiger partial charge in [-0.2, -0.15) is 0 Å². The van der Waals surface area contributed by atoms with Crippen molar-refractivity contribution in [3.8, 4) is 5.75 Å². The van der Waals surface area contributed by atoms with Crippen LogP contribution in [0.4, 0.5) is 5.69 Å². The summed E-state index contributed by atoms with van der Waals surface area (Å²) in [6, 6.07) is 18.7. The van der Waals surface area contributed by atoms with Crippen molar-refractivity contribution in [2.75, 3.05) is 18.0 Å². The number of methoxy groups -OCH3 is 1. The first kappa shape index (κ1) is 31.1. The number of nitrogens with zero attached hydrogens (tertiary/aromatic N) is 2. The third-order valence-corrected chi connectivity index (χ3v) is 9.74. The normalized spacial score (nSPS) is 14.3. The Hall–Kier alpha value is -3.85. The zero-order chi connectivity index (χ0) is 30.4. The van der Waals surface area contributed by atoms with Crippen LogP contribution in [-0.2, 0) is 26.2 Å². The van der Waals surface area contributed by atoms with Crippen molar-refractivity contribution in [2.45, 2.75) is 76.9 Å². The van der Waals surface area contributed by atoms with Crippen LogP contribution in [0.15, 0.2) is 71.6 Å². The molecule has 0 bridgehead atoms. The van der Waals surface area contributed by atoms with Crippen molar-refractivity contribution >= 4 is 27.5 Å². The quantitative estimate of drug-likeness (QED) is 0.327. The van der Waals surface area contributed by atoms with Crippen LogP contribution < -0.4 is 14.4 Å². The summed E-state index contributed by atoms with van der Waals surface area (Å²) in [4.78, 5) is 29.2. The van der Waals surface area contributed by atoms with E-state index in [0.717, 1.165) is 52.2 Å². The Balaban J connectivity index is 1.75. The highest BCUT2D eigenvalue weighted by Gasteiger charge is 2.34. The molecule has 0 radical (unpaired) electrons. The number of hydrogen-bond acceptors (Lipinski definition) is 5. The Bertz CT molecular complexity index is 1510. The molecule has 0 saturated heterocycles. The molecule has 0 heterocycles. The highest BCUT2D eigenvalue weighted by Crippen LogP contribution is 2.34. The lowest BCUT2D eigenvalue weighted by Gasteiger charge is -2.33. The lowest BCUT2D eigenvalue weighted by molar-refractivity contribution is -0.139. The Morgan fingerprint density at radius 3 is 2.24 bits per heavy atom. The van der Waals surface area contributed by atoms with E-state index >= 15 is 0 Å². The Morgan fingerprint density at radius 1 is 0.952 bits per heavy atom. The van der Waals surface area contributed by atoms with Crippen LogP contribution in [-0.4, -0.2) is 50.9 Å². The molecule has 1 saturated carbocycles. The number of rotatable bonds is 11. The lowest BCUT2D eigenvalue weighted by Crippen LogP contribution is -2.52. The standard InChI is InChI=1S/C33H41N3O5S/c1-23-14-17-29(18-15-23)42(39,40)36(30-20-24(2)16-19-31(30)41-5)22-32(37)35(21-27-11-7-6-10-25(27)3)26(4)33(38)34-28-12-8-9-13-28/h6-7,10-11,14-20,26,28H,8-9,12-13,21-22H2,1-5H3,(H,34,38)/t26-/m0/s1. The molecule has 1 aliphatic carbocycles. The zero-order valence-corrected chi connectivity index (χ0v) is 25.9. The minimum absolute atomic E-state index is 0.0573. The van der Waals surface area contributed by atoms with Gasteiger partial charge >= 0.3 is 0 Å². The number of carbonyl (C=O) groups excluding carboxylic acids is 2. The van der Waals surface area contributed by atoms with E-state index in [4.69, 9.17) is 4.74 Å². The highest BCUT2D eigenvalue weighted by molar-refractivity contribution is 7.92. The van der Waals surface area contributed by atoms with E-state index in [-0.39, 0.29) is 29.1 Å². The summed E-state index contributed by atoms with van der Waals surface area (Å²) in [5, 5.41) is 3.10. The summed E-state index contributed by atoms with van der Waals surface area (Å²) in [6.45, 7) is 7.03. The summed E-state index contributed by atoms with van der Waals surface area (Å²) < 4.78 is 34.9. The van der Waals surface area contributed by atoms with Crippen LogP contribution in [0.2, 0.25) is 0 Å². The van der Waals surface area contributed by atoms with Gasteiger partial charge in [0.05, 0.1) is 17.7 Å². The van der Waals surface area contributed by atoms with Gasteiger partial charge in [0, 0.05) is 12.6 Å². The maximum atomic E-state index is 14.2. The van der Waals surface area contributed by atoms with E-state index in [1.807, 2.05) is 51.1 Å². The SMILES string of the molecule is COc1ccc(C)cc1N(CC(=O)N(Cc1ccccc1C)[C@@H](C)C(=O)NC1CCCC1)S(=O)(=O)c1ccc(C)cc1. The van der Waals surface area contributed by atoms with Gasteiger partial charge in [0.15, 0.2) is 0 Å². The van der Waals surface area contributed by atoms with Crippen molar-refractivity contribution < 1.29 is 22.7 Å². The molecule has 224 valence electrons. The second-order valence-corrected chi connectivity index (χ2v) is 13.0. The summed E-state index contributed by atoms with van der Waals surface area (Å²) in [7, 11) is -2.72. The number of sulfonamides is 1. The summed E-state index contributed by atoms with van der Waals surface area (Å²) in [5.74, 6) is -0.418. The molecule has 0 aromatic heterocycles. The van der Waals surface area contributed by atoms with Crippen molar-refractivity contribution in [3.63, 3.8) is 0 Å². The predicted octanol–water partition coefficient (Wildman–Crippen LogP) is 5.29. The van der Waals surface area contributed by atoms with Crippen LogP contribution in [0.1, 0.15) is 54.9 Å². The van der Waals surface area contributed by atoms with E-state index in [0.29, 0.717) is 5.75 Å². The van der Waals surface area contributed by atoms with E-state index in [1.165, 1.54) is 24.1 Å². The van der Waals surface area contributed by atoms with Gasteiger partial charge < -0.3 is 15.0 Å². The average molecular weight is 592 g/mol. The molecule has 0 aliphatic heterocycles. The molecule has 1 atom stereocenters. The minimum Gasteiger partial charge on any atom is -0.495 e. The first-order valence-electron chi connectivity index (χ1n) is 14.4. The van der Waals surface area contributed by atoms with E-state index in [2.05, 4.69) is 5.32 Å². The number of hydrogen-bond donors (Lipinski definition) is 1. The molecule has 4 rings (SSSR count). The maximum absolute atomic E-state index is 14.2. The van der Waals surface area contributed by atoms with E-state index in [1.54, 1.807) is 31.2 Å². The number of amides is 2. The lowest BCUT2D eigenvalue weighted by atomic mass is 10.1. The molecule has 3 aromatic rings. The van der Waals surface area contributed by atoms with Crippen molar-refractivity contribution in [1.29, 1.82) is 0 Å². The molecule has 1 aliphatic rings. The number of carbonyl (C=O) groups is 2. The minimum atomic E-state index is -4.19. The summed E-state index contributed by atoms with van der Waals surface area (Å²) in [5.41, 5.74) is 3.83. The molecule has 3 aromatic carbocycles. The highest BCUT2D eigenvalue weighted by atomic mass is 32.2. The topological polar surface area (TPSA) is 96.0 Å². The molecule has 42 heavy (non-hydrogen) atoms. The van der Waals surface area contributed by atoms with Crippen LogP contribution in [0.25, 0.3) is 0 Å². The number of aryl methyl sites for hydroxylation is 3. The molecular formula is C33H41N3O5S. The number of benzene rings is 3. The van der Waals surface area contributed by atoms with Gasteiger partial charge in [-0.25, -0.2) is 8.42 Å². The van der Waals surface area contributed by atoms with Gasteiger partial charge in [0.1, 0.15) is 18.3 Å². The molecular weight excluding hydrogens is 550 g/mol. The van der Waals surface area contributed by atoms with Gasteiger partial charge in [-0.15, -0.1) is 0 Å². The van der Waals surface area contributed by atoms with Gasteiger partial charge in [-0.05, 0) is 81.5 Å². The van der Waals surface area contributed by atoms with Crippen LogP contribution in [0.3, 0.4) is 0 Å². The summed E-state index contributed by atoms with van der Waals surface area (Å²) in [6.07, 6.45) is 3.96. The molecule has 1 N–H and O–H groups in total. The fourth-order valence-electron chi connectivity index (χ4n) is 5.29. The van der Waals surface area contributed by atoms with E-state index < -0.39 is 28.5 Å². The van der Waals surface area contributed by atoms with Crippen molar-refractivity contribution in [2.24, 2.45) is 0 Å². The Labute approximate surface area is 249 Å². The van der Waals surface area contributed by atoms with Gasteiger partial charge in [0.25, 0.3) is 10.0 Å². The molecule has 0 unspecified atom stereocenters. The summed E-state index contributed by atoms with van der Waals surface area (Å²) >= 11 is 0. The first-order valence-corrected chi connectivity index (χ1v) is 15.8. The second-order valence-electron chi connectivity index (χ2n) is 11.1. The molecule has 0 spiro atoms. The largest absolute Gasteiger partial charge is 0.495 e. The third kappa shape index (κ3) is 7.13. The number of ether oxygens (including phenoxy) is 1. The van der Waals surface area contributed by atoms with Crippen LogP contribution in [0, 0.1) is 20.8 Å². The Kier molecular flexibility index (Phi) is 9.93. The first-order chi connectivity index (χ1) is 20.0. The van der Waals surface area contributed by atoms with Crippen LogP contribution in [0.5, 0.6) is 5.75 Å². The molecule has 2 amide bonds.